The van der Waals surface area contributed by atoms with Gasteiger partial charge in [-0.3, -0.25) is 10.4 Å². The summed E-state index contributed by atoms with van der Waals surface area (Å²) in [5.41, 5.74) is 10.3. The first-order valence-corrected chi connectivity index (χ1v) is 12.3. The molecule has 0 unspecified atom stereocenters. The lowest BCUT2D eigenvalue weighted by molar-refractivity contribution is 1.16. The standard InChI is InChI=1S/C34H25N3/c35-33(27-20-18-25(19-21-27)24-11-3-1-4-12-24)32(26-13-5-2-6-14-26)34-29-16-8-7-15-28(29)23-31(37-34)30-17-9-10-22-36-30/h1-23,35,37H/b34-32-,35-33?. The molecule has 5 aromatic rings. The summed E-state index contributed by atoms with van der Waals surface area (Å²) in [5, 5.41) is 13.1. The Balaban J connectivity index is 1.50. The summed E-state index contributed by atoms with van der Waals surface area (Å²) in [6.07, 6.45) is 3.93. The highest BCUT2D eigenvalue weighted by atomic mass is 14.9. The molecule has 2 N–H and O–H groups in total. The number of benzene rings is 4. The maximum Gasteiger partial charge on any atom is 0.0864 e. The van der Waals surface area contributed by atoms with E-state index in [4.69, 9.17) is 0 Å². The van der Waals surface area contributed by atoms with Crippen molar-refractivity contribution in [3.63, 3.8) is 0 Å². The topological polar surface area (TPSA) is 48.8 Å². The van der Waals surface area contributed by atoms with Crippen molar-refractivity contribution >= 4 is 28.8 Å². The van der Waals surface area contributed by atoms with Gasteiger partial charge in [-0.15, -0.1) is 0 Å². The second kappa shape index (κ2) is 9.92. The molecule has 3 heteroatoms. The minimum atomic E-state index is 0.463. The van der Waals surface area contributed by atoms with Crippen molar-refractivity contribution in [2.24, 2.45) is 0 Å². The molecule has 1 aliphatic rings. The van der Waals surface area contributed by atoms with Crippen molar-refractivity contribution in [3.8, 4) is 11.1 Å². The van der Waals surface area contributed by atoms with E-state index in [0.717, 1.165) is 56.0 Å². The quantitative estimate of drug-likeness (QED) is 0.255. The zero-order valence-corrected chi connectivity index (χ0v) is 20.2. The first-order valence-electron chi connectivity index (χ1n) is 12.3. The molecule has 176 valence electrons. The molecule has 0 spiro atoms. The molecule has 0 aliphatic carbocycles. The Kier molecular flexibility index (Phi) is 6.02. The summed E-state index contributed by atoms with van der Waals surface area (Å²) in [5.74, 6) is 0. The lowest BCUT2D eigenvalue weighted by Crippen LogP contribution is -2.20. The van der Waals surface area contributed by atoms with Crippen LogP contribution in [0.1, 0.15) is 27.9 Å². The molecule has 0 amide bonds. The summed E-state index contributed by atoms with van der Waals surface area (Å²) in [6.45, 7) is 0. The smallest absolute Gasteiger partial charge is 0.0864 e. The van der Waals surface area contributed by atoms with Crippen LogP contribution in [0.4, 0.5) is 0 Å². The third-order valence-corrected chi connectivity index (χ3v) is 6.57. The summed E-state index contributed by atoms with van der Waals surface area (Å²) < 4.78 is 0. The van der Waals surface area contributed by atoms with Crippen molar-refractivity contribution < 1.29 is 0 Å². The van der Waals surface area contributed by atoms with Crippen LogP contribution in [-0.4, -0.2) is 10.7 Å². The normalized spacial score (nSPS) is 13.7. The molecular formula is C34H25N3. The molecule has 3 nitrogen and oxygen atoms in total. The lowest BCUT2D eigenvalue weighted by atomic mass is 9.88. The second-order valence-electron chi connectivity index (χ2n) is 8.92. The second-order valence-corrected chi connectivity index (χ2v) is 8.92. The van der Waals surface area contributed by atoms with Gasteiger partial charge in [0.1, 0.15) is 0 Å². The molecule has 37 heavy (non-hydrogen) atoms. The fourth-order valence-electron chi connectivity index (χ4n) is 4.72. The molecular weight excluding hydrogens is 450 g/mol. The third-order valence-electron chi connectivity index (χ3n) is 6.57. The predicted octanol–water partition coefficient (Wildman–Crippen LogP) is 7.79. The van der Waals surface area contributed by atoms with Gasteiger partial charge in [-0.05, 0) is 40.5 Å². The molecule has 0 saturated carbocycles. The van der Waals surface area contributed by atoms with Crippen LogP contribution in [0.25, 0.3) is 34.2 Å². The first kappa shape index (κ1) is 22.4. The molecule has 0 bridgehead atoms. The maximum absolute atomic E-state index is 9.41. The molecule has 0 saturated heterocycles. The van der Waals surface area contributed by atoms with Crippen LogP contribution in [0.2, 0.25) is 0 Å². The van der Waals surface area contributed by atoms with E-state index in [-0.39, 0.29) is 0 Å². The minimum Gasteiger partial charge on any atom is -0.353 e. The minimum absolute atomic E-state index is 0.463. The fraction of sp³-hybridized carbons (Fsp3) is 0. The third kappa shape index (κ3) is 4.51. The first-order chi connectivity index (χ1) is 18.3. The average molecular weight is 476 g/mol. The van der Waals surface area contributed by atoms with E-state index in [1.54, 1.807) is 6.20 Å². The summed E-state index contributed by atoms with van der Waals surface area (Å²) in [6, 6.07) is 43.0. The van der Waals surface area contributed by atoms with Gasteiger partial charge in [-0.1, -0.05) is 115 Å². The Morgan fingerprint density at radius 3 is 1.97 bits per heavy atom. The highest BCUT2D eigenvalue weighted by molar-refractivity contribution is 6.36. The number of fused-ring (bicyclic) bond motifs is 1. The van der Waals surface area contributed by atoms with Gasteiger partial charge in [0, 0.05) is 22.9 Å². The van der Waals surface area contributed by atoms with Gasteiger partial charge in [0.25, 0.3) is 0 Å². The molecule has 0 fully saturated rings. The van der Waals surface area contributed by atoms with Crippen LogP contribution in [-0.2, 0) is 0 Å². The number of nitrogens with zero attached hydrogens (tertiary/aromatic N) is 1. The van der Waals surface area contributed by atoms with Crippen LogP contribution in [0.5, 0.6) is 0 Å². The Hall–Kier alpha value is -5.02. The van der Waals surface area contributed by atoms with E-state index in [0.29, 0.717) is 5.71 Å². The number of hydrogen-bond donors (Lipinski definition) is 2. The largest absolute Gasteiger partial charge is 0.353 e. The fourth-order valence-corrected chi connectivity index (χ4v) is 4.72. The molecule has 0 atom stereocenters. The van der Waals surface area contributed by atoms with Gasteiger partial charge >= 0.3 is 0 Å². The summed E-state index contributed by atoms with van der Waals surface area (Å²) >= 11 is 0. The highest BCUT2D eigenvalue weighted by Gasteiger charge is 2.23. The van der Waals surface area contributed by atoms with Crippen molar-refractivity contribution in [1.82, 2.24) is 10.3 Å². The van der Waals surface area contributed by atoms with Crippen LogP contribution in [0, 0.1) is 5.41 Å². The van der Waals surface area contributed by atoms with E-state index in [1.807, 2.05) is 78.9 Å². The number of pyridine rings is 1. The Labute approximate surface area is 217 Å². The molecule has 1 aromatic heterocycles. The Bertz CT molecular complexity index is 1620. The molecule has 0 radical (unpaired) electrons. The number of rotatable bonds is 5. The van der Waals surface area contributed by atoms with Gasteiger partial charge in [-0.2, -0.15) is 0 Å². The van der Waals surface area contributed by atoms with E-state index in [2.05, 4.69) is 64.9 Å². The van der Waals surface area contributed by atoms with Crippen molar-refractivity contribution in [2.45, 2.75) is 0 Å². The Morgan fingerprint density at radius 2 is 1.24 bits per heavy atom. The molecule has 2 heterocycles. The van der Waals surface area contributed by atoms with Gasteiger partial charge in [0.15, 0.2) is 0 Å². The number of hydrogen-bond acceptors (Lipinski definition) is 3. The summed E-state index contributed by atoms with van der Waals surface area (Å²) in [7, 11) is 0. The Morgan fingerprint density at radius 1 is 0.595 bits per heavy atom. The van der Waals surface area contributed by atoms with Gasteiger partial charge in [-0.25, -0.2) is 0 Å². The van der Waals surface area contributed by atoms with E-state index in [9.17, 15) is 5.41 Å². The van der Waals surface area contributed by atoms with E-state index >= 15 is 0 Å². The zero-order valence-electron chi connectivity index (χ0n) is 20.2. The zero-order chi connectivity index (χ0) is 25.0. The van der Waals surface area contributed by atoms with Crippen molar-refractivity contribution in [2.75, 3.05) is 0 Å². The molecule has 4 aromatic carbocycles. The van der Waals surface area contributed by atoms with Crippen LogP contribution in [0.3, 0.4) is 0 Å². The van der Waals surface area contributed by atoms with Crippen LogP contribution >= 0.6 is 0 Å². The van der Waals surface area contributed by atoms with Crippen molar-refractivity contribution in [1.29, 1.82) is 5.41 Å². The van der Waals surface area contributed by atoms with Gasteiger partial charge in [0.05, 0.1) is 22.8 Å². The highest BCUT2D eigenvalue weighted by Crippen LogP contribution is 2.36. The lowest BCUT2D eigenvalue weighted by Gasteiger charge is -2.25. The van der Waals surface area contributed by atoms with Gasteiger partial charge in [0.2, 0.25) is 0 Å². The monoisotopic (exact) mass is 475 g/mol. The number of aromatic nitrogens is 1. The van der Waals surface area contributed by atoms with Crippen molar-refractivity contribution in [3.05, 3.63) is 162 Å². The molecule has 6 rings (SSSR count). The van der Waals surface area contributed by atoms with E-state index < -0.39 is 0 Å². The van der Waals surface area contributed by atoms with Crippen LogP contribution in [0.15, 0.2) is 134 Å². The maximum atomic E-state index is 9.41. The van der Waals surface area contributed by atoms with E-state index in [1.165, 1.54) is 0 Å². The van der Waals surface area contributed by atoms with Crippen LogP contribution < -0.4 is 5.32 Å². The average Bonchev–Trinajstić information content (AvgIpc) is 2.98. The summed E-state index contributed by atoms with van der Waals surface area (Å²) in [4.78, 5) is 4.58. The molecule has 1 aliphatic heterocycles. The number of allylic oxidation sites excluding steroid dienone is 1. The number of nitrogens with one attached hydrogen (secondary N) is 2. The SMILES string of the molecule is N=C(/C(=C1\NC(c2ccccn2)=Cc2ccccc21)c1ccccc1)c1ccc(-c2ccccc2)cc1. The predicted molar refractivity (Wildman–Crippen MR) is 154 cm³/mol. The van der Waals surface area contributed by atoms with Gasteiger partial charge < -0.3 is 5.32 Å².